The number of nitrogens with two attached hydrogens (primary N) is 1. The van der Waals surface area contributed by atoms with Gasteiger partial charge in [0.05, 0.1) is 13.2 Å². The molecule has 0 aromatic carbocycles. The summed E-state index contributed by atoms with van der Waals surface area (Å²) in [6.45, 7) is 5.02. The SMILES string of the molecule is CCCCCCOP(=O)(CC(N)=NO)OCCCCCC. The van der Waals surface area contributed by atoms with E-state index in [4.69, 9.17) is 20.0 Å². The van der Waals surface area contributed by atoms with E-state index in [1.165, 1.54) is 0 Å². The lowest BCUT2D eigenvalue weighted by Crippen LogP contribution is -2.19. The van der Waals surface area contributed by atoms with E-state index in [1.54, 1.807) is 0 Å². The van der Waals surface area contributed by atoms with Crippen LogP contribution >= 0.6 is 7.60 Å². The lowest BCUT2D eigenvalue weighted by atomic mass is 10.2. The summed E-state index contributed by atoms with van der Waals surface area (Å²) in [4.78, 5) is 0. The van der Waals surface area contributed by atoms with Crippen molar-refractivity contribution >= 4 is 13.4 Å². The average Bonchev–Trinajstić information content (AvgIpc) is 2.46. The highest BCUT2D eigenvalue weighted by Crippen LogP contribution is 2.48. The summed E-state index contributed by atoms with van der Waals surface area (Å²) in [6.07, 6.45) is 8.13. The van der Waals surface area contributed by atoms with Crippen LogP contribution in [0.25, 0.3) is 0 Å². The molecule has 0 radical (unpaired) electrons. The molecule has 0 rings (SSSR count). The van der Waals surface area contributed by atoms with Crippen LogP contribution in [0, 0.1) is 0 Å². The largest absolute Gasteiger partial charge is 0.409 e. The van der Waals surface area contributed by atoms with Crippen molar-refractivity contribution in [1.82, 2.24) is 0 Å². The van der Waals surface area contributed by atoms with Crippen LogP contribution in [0.1, 0.15) is 65.2 Å². The Kier molecular flexibility index (Phi) is 12.7. The summed E-state index contributed by atoms with van der Waals surface area (Å²) in [7, 11) is -3.31. The first kappa shape index (κ1) is 20.4. The van der Waals surface area contributed by atoms with Gasteiger partial charge in [0.15, 0.2) is 5.84 Å². The molecule has 0 amide bonds. The Morgan fingerprint density at radius 2 is 1.48 bits per heavy atom. The van der Waals surface area contributed by atoms with Crippen LogP contribution in [-0.2, 0) is 13.6 Å². The van der Waals surface area contributed by atoms with Crippen LogP contribution in [0.4, 0.5) is 0 Å². The predicted octanol–water partition coefficient (Wildman–Crippen LogP) is 4.12. The summed E-state index contributed by atoms with van der Waals surface area (Å²) >= 11 is 0. The van der Waals surface area contributed by atoms with Gasteiger partial charge in [-0.1, -0.05) is 57.5 Å². The summed E-state index contributed by atoms with van der Waals surface area (Å²) < 4.78 is 23.4. The zero-order valence-electron chi connectivity index (χ0n) is 13.4. The molecule has 0 unspecified atom stereocenters. The summed E-state index contributed by atoms with van der Waals surface area (Å²) in [5.74, 6) is -0.125. The molecular formula is C14H31N2O4P. The lowest BCUT2D eigenvalue weighted by molar-refractivity contribution is 0.200. The van der Waals surface area contributed by atoms with Gasteiger partial charge in [-0.15, -0.1) is 0 Å². The van der Waals surface area contributed by atoms with E-state index in [9.17, 15) is 4.57 Å². The molecule has 0 saturated carbocycles. The van der Waals surface area contributed by atoms with Gasteiger partial charge in [-0.25, -0.2) is 0 Å². The van der Waals surface area contributed by atoms with E-state index in [2.05, 4.69) is 19.0 Å². The van der Waals surface area contributed by atoms with E-state index in [-0.39, 0.29) is 12.0 Å². The lowest BCUT2D eigenvalue weighted by Gasteiger charge is -2.18. The van der Waals surface area contributed by atoms with Gasteiger partial charge < -0.3 is 20.0 Å². The van der Waals surface area contributed by atoms with Crippen LogP contribution in [-0.4, -0.2) is 30.4 Å². The maximum absolute atomic E-state index is 12.5. The number of unbranched alkanes of at least 4 members (excludes halogenated alkanes) is 6. The van der Waals surface area contributed by atoms with Gasteiger partial charge in [-0.05, 0) is 12.8 Å². The van der Waals surface area contributed by atoms with Gasteiger partial charge in [-0.3, -0.25) is 4.57 Å². The molecule has 7 heteroatoms. The zero-order chi connectivity index (χ0) is 16.0. The highest BCUT2D eigenvalue weighted by Gasteiger charge is 2.26. The second-order valence-electron chi connectivity index (χ2n) is 5.15. The minimum absolute atomic E-state index is 0.125. The maximum atomic E-state index is 12.5. The van der Waals surface area contributed by atoms with Crippen LogP contribution in [0.5, 0.6) is 0 Å². The zero-order valence-corrected chi connectivity index (χ0v) is 14.3. The standard InChI is InChI=1S/C14H31N2O4P/c1-3-5-7-9-11-19-21(18,13-14(15)16-17)20-12-10-8-6-4-2/h17H,3-13H2,1-2H3,(H2,15,16). The fourth-order valence-corrected chi connectivity index (χ4v) is 3.36. The Hall–Kier alpha value is -0.580. The molecule has 0 fully saturated rings. The van der Waals surface area contributed by atoms with Crippen LogP contribution in [0.2, 0.25) is 0 Å². The van der Waals surface area contributed by atoms with Crippen molar-refractivity contribution in [1.29, 1.82) is 0 Å². The second-order valence-corrected chi connectivity index (χ2v) is 7.20. The number of amidine groups is 1. The summed E-state index contributed by atoms with van der Waals surface area (Å²) in [5, 5.41) is 11.5. The summed E-state index contributed by atoms with van der Waals surface area (Å²) in [5.41, 5.74) is 5.43. The van der Waals surface area contributed by atoms with Crippen molar-refractivity contribution in [3.05, 3.63) is 0 Å². The number of hydrogen-bond donors (Lipinski definition) is 2. The molecule has 0 aromatic heterocycles. The molecular weight excluding hydrogens is 291 g/mol. The second kappa shape index (κ2) is 13.1. The average molecular weight is 322 g/mol. The molecule has 0 aromatic rings. The van der Waals surface area contributed by atoms with Gasteiger partial charge >= 0.3 is 7.60 Å². The van der Waals surface area contributed by atoms with Crippen molar-refractivity contribution in [3.63, 3.8) is 0 Å². The van der Waals surface area contributed by atoms with Gasteiger partial charge in [0.1, 0.15) is 6.16 Å². The third kappa shape index (κ3) is 11.7. The molecule has 0 heterocycles. The van der Waals surface area contributed by atoms with E-state index >= 15 is 0 Å². The van der Waals surface area contributed by atoms with Crippen molar-refractivity contribution in [2.24, 2.45) is 10.9 Å². The first-order valence-corrected chi connectivity index (χ1v) is 9.65. The molecule has 0 aliphatic rings. The summed E-state index contributed by atoms with van der Waals surface area (Å²) in [6, 6.07) is 0. The molecule has 0 saturated heterocycles. The van der Waals surface area contributed by atoms with Crippen LogP contribution in [0.3, 0.4) is 0 Å². The smallest absolute Gasteiger partial charge is 0.338 e. The van der Waals surface area contributed by atoms with Crippen molar-refractivity contribution in [3.8, 4) is 0 Å². The third-order valence-electron chi connectivity index (χ3n) is 3.06. The van der Waals surface area contributed by atoms with Crippen molar-refractivity contribution < 1.29 is 18.8 Å². The van der Waals surface area contributed by atoms with E-state index in [0.29, 0.717) is 13.2 Å². The minimum atomic E-state index is -3.31. The molecule has 126 valence electrons. The molecule has 0 aliphatic carbocycles. The molecule has 0 atom stereocenters. The Bertz CT molecular complexity index is 306. The Morgan fingerprint density at radius 3 is 1.86 bits per heavy atom. The topological polar surface area (TPSA) is 94.1 Å². The van der Waals surface area contributed by atoms with Crippen molar-refractivity contribution in [2.45, 2.75) is 65.2 Å². The first-order valence-electron chi connectivity index (χ1n) is 7.92. The van der Waals surface area contributed by atoms with E-state index in [1.807, 2.05) is 0 Å². The monoisotopic (exact) mass is 322 g/mol. The van der Waals surface area contributed by atoms with E-state index < -0.39 is 7.60 Å². The number of oxime groups is 1. The maximum Gasteiger partial charge on any atom is 0.338 e. The van der Waals surface area contributed by atoms with Gasteiger partial charge in [-0.2, -0.15) is 0 Å². The first-order chi connectivity index (χ1) is 10.1. The predicted molar refractivity (Wildman–Crippen MR) is 86.1 cm³/mol. The number of hydrogen-bond acceptors (Lipinski definition) is 5. The molecule has 0 bridgehead atoms. The molecule has 6 nitrogen and oxygen atoms in total. The third-order valence-corrected chi connectivity index (χ3v) is 4.92. The normalized spacial score (nSPS) is 12.8. The molecule has 0 aliphatic heterocycles. The Labute approximate surface area is 128 Å². The number of nitrogens with zero attached hydrogens (tertiary/aromatic N) is 1. The van der Waals surface area contributed by atoms with Gasteiger partial charge in [0.2, 0.25) is 0 Å². The fraction of sp³-hybridized carbons (Fsp3) is 0.929. The highest BCUT2D eigenvalue weighted by molar-refractivity contribution is 7.54. The molecule has 0 spiro atoms. The van der Waals surface area contributed by atoms with Gasteiger partial charge in [0, 0.05) is 0 Å². The molecule has 21 heavy (non-hydrogen) atoms. The number of rotatable bonds is 14. The minimum Gasteiger partial charge on any atom is -0.409 e. The quantitative estimate of drug-likeness (QED) is 0.125. The van der Waals surface area contributed by atoms with E-state index in [0.717, 1.165) is 51.4 Å². The fourth-order valence-electron chi connectivity index (χ4n) is 1.82. The van der Waals surface area contributed by atoms with Crippen LogP contribution < -0.4 is 5.73 Å². The Morgan fingerprint density at radius 1 is 1.00 bits per heavy atom. The van der Waals surface area contributed by atoms with Gasteiger partial charge in [0.25, 0.3) is 0 Å². The highest BCUT2D eigenvalue weighted by atomic mass is 31.2. The Balaban J connectivity index is 4.18. The van der Waals surface area contributed by atoms with Crippen molar-refractivity contribution in [2.75, 3.05) is 19.4 Å². The van der Waals surface area contributed by atoms with Crippen LogP contribution in [0.15, 0.2) is 5.16 Å². The molecule has 3 N–H and O–H groups in total.